The van der Waals surface area contributed by atoms with Gasteiger partial charge in [0.05, 0.1) is 6.61 Å². The molecule has 0 bridgehead atoms. The van der Waals surface area contributed by atoms with Crippen LogP contribution in [0.25, 0.3) is 0 Å². The molecule has 21 heavy (non-hydrogen) atoms. The lowest BCUT2D eigenvalue weighted by atomic mass is 10.1. The molecule has 0 rings (SSSR count). The fraction of sp³-hybridized carbons (Fsp3) is 1.00. The normalized spacial score (nSPS) is 11.1. The largest absolute Gasteiger partial charge is 0.469 e. The molecule has 0 aliphatic heterocycles. The van der Waals surface area contributed by atoms with E-state index in [4.69, 9.17) is 21.3 Å². The molecule has 0 saturated carbocycles. The van der Waals surface area contributed by atoms with Crippen LogP contribution in [0.15, 0.2) is 0 Å². The molecule has 0 saturated heterocycles. The van der Waals surface area contributed by atoms with E-state index >= 15 is 0 Å². The summed E-state index contributed by atoms with van der Waals surface area (Å²) in [6.45, 7) is 3.15. The highest BCUT2D eigenvalue weighted by atomic mass is 31.2. The van der Waals surface area contributed by atoms with E-state index in [2.05, 4.69) is 11.4 Å². The summed E-state index contributed by atoms with van der Waals surface area (Å²) >= 11 is 0. The van der Waals surface area contributed by atoms with Crippen molar-refractivity contribution in [1.29, 1.82) is 0 Å². The second kappa shape index (κ2) is 18.1. The van der Waals surface area contributed by atoms with Gasteiger partial charge in [-0.15, -0.1) is 0 Å². The number of phosphoric acid groups is 1. The number of hydrogen-bond acceptors (Lipinski definition) is 4. The van der Waals surface area contributed by atoms with Crippen molar-refractivity contribution in [3.63, 3.8) is 0 Å². The van der Waals surface area contributed by atoms with Gasteiger partial charge in [-0.3, -0.25) is 4.52 Å². The van der Waals surface area contributed by atoms with Crippen molar-refractivity contribution in [2.75, 3.05) is 19.7 Å². The average molecular weight is 326 g/mol. The molecule has 0 spiro atoms. The second-order valence-corrected chi connectivity index (χ2v) is 6.32. The van der Waals surface area contributed by atoms with Crippen LogP contribution in [0.4, 0.5) is 0 Å². The molecule has 0 unspecified atom stereocenters. The lowest BCUT2D eigenvalue weighted by molar-refractivity contribution is 0.202. The highest BCUT2D eigenvalue weighted by Gasteiger charge is 2.11. The lowest BCUT2D eigenvalue weighted by Gasteiger charge is -2.00. The SMILES string of the molecule is CCCCCCCCCCCCN.NCCOP(=O)(O)O. The van der Waals surface area contributed by atoms with Crippen LogP contribution < -0.4 is 11.5 Å². The summed E-state index contributed by atoms with van der Waals surface area (Å²) in [4.78, 5) is 16.0. The van der Waals surface area contributed by atoms with Gasteiger partial charge in [-0.05, 0) is 13.0 Å². The Morgan fingerprint density at radius 1 is 0.810 bits per heavy atom. The lowest BCUT2D eigenvalue weighted by Crippen LogP contribution is -2.06. The van der Waals surface area contributed by atoms with E-state index in [1.807, 2.05) is 0 Å². The smallest absolute Gasteiger partial charge is 0.330 e. The summed E-state index contributed by atoms with van der Waals surface area (Å²) in [7, 11) is -4.26. The molecular weight excluding hydrogens is 291 g/mol. The van der Waals surface area contributed by atoms with Gasteiger partial charge < -0.3 is 21.3 Å². The number of hydrogen-bond donors (Lipinski definition) is 4. The summed E-state index contributed by atoms with van der Waals surface area (Å²) in [5, 5.41) is 0. The van der Waals surface area contributed by atoms with Crippen LogP contribution in [0.2, 0.25) is 0 Å². The molecule has 0 radical (unpaired) electrons. The Balaban J connectivity index is 0. The van der Waals surface area contributed by atoms with Crippen molar-refractivity contribution in [1.82, 2.24) is 0 Å². The molecule has 6 nitrogen and oxygen atoms in total. The Morgan fingerprint density at radius 3 is 1.52 bits per heavy atom. The maximum atomic E-state index is 9.81. The molecule has 7 heteroatoms. The first-order valence-electron chi connectivity index (χ1n) is 8.08. The Hall–Kier alpha value is 0.0300. The predicted octanol–water partition coefficient (Wildman–Crippen LogP) is 2.92. The molecular formula is C14H35N2O4P. The molecule has 0 aliphatic carbocycles. The predicted molar refractivity (Wildman–Crippen MR) is 87.9 cm³/mol. The van der Waals surface area contributed by atoms with Crippen LogP contribution in [0.1, 0.15) is 71.1 Å². The van der Waals surface area contributed by atoms with Crippen LogP contribution in [-0.2, 0) is 9.09 Å². The molecule has 6 N–H and O–H groups in total. The van der Waals surface area contributed by atoms with E-state index in [0.29, 0.717) is 0 Å². The van der Waals surface area contributed by atoms with Crippen LogP contribution in [0.5, 0.6) is 0 Å². The van der Waals surface area contributed by atoms with Crippen LogP contribution in [0.3, 0.4) is 0 Å². The van der Waals surface area contributed by atoms with Gasteiger partial charge in [0.15, 0.2) is 0 Å². The van der Waals surface area contributed by atoms with E-state index in [-0.39, 0.29) is 13.2 Å². The summed E-state index contributed by atoms with van der Waals surface area (Å²) < 4.78 is 13.7. The van der Waals surface area contributed by atoms with Crippen molar-refractivity contribution in [3.05, 3.63) is 0 Å². The summed E-state index contributed by atoms with van der Waals surface area (Å²) in [6.07, 6.45) is 13.9. The summed E-state index contributed by atoms with van der Waals surface area (Å²) in [5.41, 5.74) is 10.3. The van der Waals surface area contributed by atoms with Gasteiger partial charge in [-0.2, -0.15) is 0 Å². The van der Waals surface area contributed by atoms with Crippen molar-refractivity contribution in [2.24, 2.45) is 11.5 Å². The Morgan fingerprint density at radius 2 is 1.24 bits per heavy atom. The second-order valence-electron chi connectivity index (χ2n) is 5.08. The van der Waals surface area contributed by atoms with E-state index in [0.717, 1.165) is 6.54 Å². The maximum Gasteiger partial charge on any atom is 0.469 e. The van der Waals surface area contributed by atoms with Gasteiger partial charge in [0.2, 0.25) is 0 Å². The minimum atomic E-state index is -4.26. The minimum Gasteiger partial charge on any atom is -0.330 e. The molecule has 0 atom stereocenters. The first kappa shape index (κ1) is 23.3. The molecule has 0 aromatic heterocycles. The van der Waals surface area contributed by atoms with E-state index < -0.39 is 7.82 Å². The van der Waals surface area contributed by atoms with Gasteiger partial charge in [0.25, 0.3) is 0 Å². The topological polar surface area (TPSA) is 119 Å². The molecule has 0 fully saturated rings. The fourth-order valence-electron chi connectivity index (χ4n) is 1.80. The average Bonchev–Trinajstić information content (AvgIpc) is 2.43. The first-order chi connectivity index (χ1) is 9.97. The summed E-state index contributed by atoms with van der Waals surface area (Å²) in [5.74, 6) is 0. The van der Waals surface area contributed by atoms with Crippen molar-refractivity contribution >= 4 is 7.82 Å². The zero-order valence-corrected chi connectivity index (χ0v) is 14.4. The fourth-order valence-corrected chi connectivity index (χ4v) is 2.15. The molecule has 0 aromatic rings. The minimum absolute atomic E-state index is 0.107. The van der Waals surface area contributed by atoms with Crippen molar-refractivity contribution in [2.45, 2.75) is 71.1 Å². The number of rotatable bonds is 13. The molecule has 130 valence electrons. The van der Waals surface area contributed by atoms with E-state index in [1.165, 1.54) is 64.2 Å². The Kier molecular flexibility index (Phi) is 20.1. The quantitative estimate of drug-likeness (QED) is 0.305. The number of phosphoric ester groups is 1. The third-order valence-electron chi connectivity index (χ3n) is 2.93. The number of nitrogens with two attached hydrogens (primary N) is 2. The number of unbranched alkanes of at least 4 members (excludes halogenated alkanes) is 9. The molecule has 0 aromatic carbocycles. The van der Waals surface area contributed by atoms with Gasteiger partial charge in [-0.25, -0.2) is 4.57 Å². The van der Waals surface area contributed by atoms with Gasteiger partial charge in [-0.1, -0.05) is 64.7 Å². The standard InChI is InChI=1S/C12H27N.C2H8NO4P/c1-2-3-4-5-6-7-8-9-10-11-12-13;3-1-2-7-8(4,5)6/h2-13H2,1H3;1-3H2,(H2,4,5,6). The van der Waals surface area contributed by atoms with E-state index in [9.17, 15) is 4.57 Å². The molecule has 0 heterocycles. The Labute approximate surface area is 129 Å². The molecule has 0 aliphatic rings. The first-order valence-corrected chi connectivity index (χ1v) is 9.61. The van der Waals surface area contributed by atoms with Crippen LogP contribution in [0, 0.1) is 0 Å². The third kappa shape index (κ3) is 28.8. The summed E-state index contributed by atoms with van der Waals surface area (Å²) in [6, 6.07) is 0. The van der Waals surface area contributed by atoms with Gasteiger partial charge >= 0.3 is 7.82 Å². The van der Waals surface area contributed by atoms with Crippen LogP contribution >= 0.6 is 7.82 Å². The molecule has 0 amide bonds. The monoisotopic (exact) mass is 326 g/mol. The van der Waals surface area contributed by atoms with Crippen molar-refractivity contribution < 1.29 is 18.9 Å². The van der Waals surface area contributed by atoms with Gasteiger partial charge in [0.1, 0.15) is 0 Å². The zero-order valence-electron chi connectivity index (χ0n) is 13.5. The highest BCUT2D eigenvalue weighted by Crippen LogP contribution is 2.34. The highest BCUT2D eigenvalue weighted by molar-refractivity contribution is 7.46. The van der Waals surface area contributed by atoms with Crippen LogP contribution in [-0.4, -0.2) is 29.5 Å². The maximum absolute atomic E-state index is 9.81. The van der Waals surface area contributed by atoms with E-state index in [1.54, 1.807) is 0 Å². The zero-order chi connectivity index (χ0) is 16.4. The van der Waals surface area contributed by atoms with Gasteiger partial charge in [0, 0.05) is 6.54 Å². The van der Waals surface area contributed by atoms with Crippen molar-refractivity contribution in [3.8, 4) is 0 Å². The third-order valence-corrected chi connectivity index (χ3v) is 3.45. The Bertz CT molecular complexity index is 227.